The van der Waals surface area contributed by atoms with Crippen molar-refractivity contribution in [3.63, 3.8) is 0 Å². The molecule has 0 saturated carbocycles. The quantitative estimate of drug-likeness (QED) is 0.404. The molecule has 108 valence electrons. The summed E-state index contributed by atoms with van der Waals surface area (Å²) in [5, 5.41) is 0. The number of halogens is 2. The van der Waals surface area contributed by atoms with Crippen molar-refractivity contribution in [1.82, 2.24) is 0 Å². The number of hydrogen-bond acceptors (Lipinski definition) is 2. The molecule has 0 fully saturated rings. The number of amides is 2. The molecule has 2 rings (SSSR count). The summed E-state index contributed by atoms with van der Waals surface area (Å²) in [4.78, 5) is 22.4. The Bertz CT molecular complexity index is 494. The molecule has 0 aliphatic heterocycles. The topological polar surface area (TPSA) is 40.6 Å². The molecule has 2 amide bonds. The summed E-state index contributed by atoms with van der Waals surface area (Å²) in [5.41, 5.74) is 1.61. The first-order valence-electron chi connectivity index (χ1n) is 5.70. The molecule has 0 spiro atoms. The normalized spacial score (nSPS) is 8.38. The average Bonchev–Trinajstić information content (AvgIpc) is 2.50. The van der Waals surface area contributed by atoms with Crippen LogP contribution in [-0.2, 0) is 29.3 Å². The van der Waals surface area contributed by atoms with Gasteiger partial charge in [0.2, 0.25) is 0 Å². The van der Waals surface area contributed by atoms with Crippen LogP contribution in [0.15, 0.2) is 60.7 Å². The number of carbonyl (C=O) groups is 2. The second-order valence-corrected chi connectivity index (χ2v) is 5.54. The average molecular weight is 326 g/mol. The number of anilines is 2. The summed E-state index contributed by atoms with van der Waals surface area (Å²) in [7, 11) is 0. The second-order valence-electron chi connectivity index (χ2n) is 3.72. The van der Waals surface area contributed by atoms with Crippen LogP contribution in [0.4, 0.5) is 11.4 Å². The maximum Gasteiger partial charge on any atom is -1.00 e. The molecule has 0 unspecified atom stereocenters. The summed E-state index contributed by atoms with van der Waals surface area (Å²) >= 11 is -1.09. The zero-order chi connectivity index (χ0) is 13.5. The minimum Gasteiger partial charge on any atom is -1.00 e. The van der Waals surface area contributed by atoms with Crippen LogP contribution in [0.1, 0.15) is 0 Å². The molecule has 7 heteroatoms. The zero-order valence-corrected chi connectivity index (χ0v) is 12.5. The van der Waals surface area contributed by atoms with Crippen molar-refractivity contribution in [2.24, 2.45) is 0 Å². The van der Waals surface area contributed by atoms with E-state index in [0.29, 0.717) is 0 Å². The van der Waals surface area contributed by atoms with Crippen molar-refractivity contribution < 1.29 is 38.7 Å². The van der Waals surface area contributed by atoms with Crippen LogP contribution < -0.4 is 16.2 Å². The third-order valence-electron chi connectivity index (χ3n) is 2.50. The van der Waals surface area contributed by atoms with E-state index in [1.807, 2.05) is 60.7 Å². The van der Waals surface area contributed by atoms with Gasteiger partial charge >= 0.3 is 121 Å². The Morgan fingerprint density at radius 3 is 1.29 bits per heavy atom. The van der Waals surface area contributed by atoms with Crippen molar-refractivity contribution in [3.8, 4) is 0 Å². The van der Waals surface area contributed by atoms with E-state index in [1.165, 1.54) is 0 Å². The van der Waals surface area contributed by atoms with Gasteiger partial charge < -0.3 is 9.41 Å². The van der Waals surface area contributed by atoms with E-state index in [4.69, 9.17) is 0 Å². The van der Waals surface area contributed by atoms with Crippen LogP contribution in [0.25, 0.3) is 0 Å². The van der Waals surface area contributed by atoms with E-state index in [0.717, 1.165) is 24.2 Å². The summed E-state index contributed by atoms with van der Waals surface area (Å²) < 4.78 is 3.20. The molecular formula is C14H12F2N2O2Ti. The van der Waals surface area contributed by atoms with Gasteiger partial charge in [-0.1, -0.05) is 0 Å². The van der Waals surface area contributed by atoms with E-state index in [2.05, 4.69) is 0 Å². The van der Waals surface area contributed by atoms with Gasteiger partial charge in [0.1, 0.15) is 0 Å². The standard InChI is InChI=1S/2C7H7NO.2FH.Ti/c2*9-6-8-7-4-2-1-3-5-7;;;/h2*1-6H,(H,8,9);2*1H;/q;;;;+4/p-4. The molecule has 21 heavy (non-hydrogen) atoms. The van der Waals surface area contributed by atoms with Gasteiger partial charge in [0.05, 0.1) is 0 Å². The van der Waals surface area contributed by atoms with Crippen molar-refractivity contribution in [1.29, 1.82) is 0 Å². The Morgan fingerprint density at radius 2 is 1.00 bits per heavy atom. The first kappa shape index (κ1) is 19.0. The van der Waals surface area contributed by atoms with Gasteiger partial charge in [0.15, 0.2) is 0 Å². The Balaban J connectivity index is 0.00000200. The van der Waals surface area contributed by atoms with Gasteiger partial charge in [-0.25, -0.2) is 0 Å². The summed E-state index contributed by atoms with van der Waals surface area (Å²) in [6, 6.07) is 18.7. The molecule has 0 N–H and O–H groups in total. The smallest absolute Gasteiger partial charge is 1.00 e. The molecule has 0 aliphatic carbocycles. The van der Waals surface area contributed by atoms with Crippen LogP contribution in [0.2, 0.25) is 0 Å². The fraction of sp³-hybridized carbons (Fsp3) is 0. The van der Waals surface area contributed by atoms with E-state index >= 15 is 0 Å². The molecule has 0 heterocycles. The zero-order valence-electron chi connectivity index (χ0n) is 10.9. The fourth-order valence-electron chi connectivity index (χ4n) is 1.58. The van der Waals surface area contributed by atoms with Gasteiger partial charge in [0, 0.05) is 0 Å². The molecular weight excluding hydrogens is 314 g/mol. The van der Waals surface area contributed by atoms with E-state index in [9.17, 15) is 9.59 Å². The monoisotopic (exact) mass is 326 g/mol. The van der Waals surface area contributed by atoms with E-state index < -0.39 is 19.7 Å². The summed E-state index contributed by atoms with van der Waals surface area (Å²) in [5.74, 6) is 0. The first-order chi connectivity index (χ1) is 9.35. The molecule has 0 saturated heterocycles. The van der Waals surface area contributed by atoms with Crippen molar-refractivity contribution in [2.75, 3.05) is 6.76 Å². The minimum atomic E-state index is -1.09. The SMILES string of the molecule is O=C[N]([Ti+2][N](C=O)c1ccccc1)c1ccccc1.[F-].[F-]. The fourth-order valence-corrected chi connectivity index (χ4v) is 2.91. The van der Waals surface area contributed by atoms with E-state index in [1.54, 1.807) is 6.76 Å². The second kappa shape index (κ2) is 9.79. The van der Waals surface area contributed by atoms with Crippen LogP contribution in [0.3, 0.4) is 0 Å². The number of para-hydroxylation sites is 2. The van der Waals surface area contributed by atoms with Gasteiger partial charge in [-0.15, -0.1) is 0 Å². The van der Waals surface area contributed by atoms with Crippen molar-refractivity contribution in [3.05, 3.63) is 60.7 Å². The molecule has 0 bridgehead atoms. The largest absolute Gasteiger partial charge is 1.00 e. The predicted octanol–water partition coefficient (Wildman–Crippen LogP) is -3.77. The number of rotatable bonds is 6. The van der Waals surface area contributed by atoms with Crippen molar-refractivity contribution in [2.45, 2.75) is 0 Å². The molecule has 2 aromatic rings. The molecule has 0 aromatic heterocycles. The van der Waals surface area contributed by atoms with Gasteiger partial charge in [-0.3, -0.25) is 0 Å². The maximum atomic E-state index is 11.2. The Morgan fingerprint density at radius 1 is 0.667 bits per heavy atom. The van der Waals surface area contributed by atoms with Crippen LogP contribution in [0.5, 0.6) is 0 Å². The van der Waals surface area contributed by atoms with Gasteiger partial charge in [-0.2, -0.15) is 0 Å². The van der Waals surface area contributed by atoms with Gasteiger partial charge in [-0.05, 0) is 0 Å². The van der Waals surface area contributed by atoms with E-state index in [-0.39, 0.29) is 9.41 Å². The first-order valence-corrected chi connectivity index (χ1v) is 7.10. The number of carbonyl (C=O) groups excluding carboxylic acids is 2. The summed E-state index contributed by atoms with van der Waals surface area (Å²) in [6.07, 6.45) is 1.55. The number of hydrogen-bond donors (Lipinski definition) is 0. The Hall–Kier alpha value is -2.05. The Kier molecular flexibility index (Phi) is 8.84. The molecule has 4 nitrogen and oxygen atoms in total. The Labute approximate surface area is 130 Å². The summed E-state index contributed by atoms with van der Waals surface area (Å²) in [6.45, 7) is 0. The molecule has 0 radical (unpaired) electrons. The predicted molar refractivity (Wildman–Crippen MR) is 70.0 cm³/mol. The van der Waals surface area contributed by atoms with Crippen LogP contribution in [0, 0.1) is 0 Å². The van der Waals surface area contributed by atoms with Gasteiger partial charge in [0.25, 0.3) is 0 Å². The number of nitrogens with zero attached hydrogens (tertiary/aromatic N) is 2. The minimum absolute atomic E-state index is 0. The third-order valence-corrected chi connectivity index (χ3v) is 4.30. The van der Waals surface area contributed by atoms with Crippen LogP contribution in [-0.4, -0.2) is 12.8 Å². The molecule has 0 atom stereocenters. The number of benzene rings is 2. The third kappa shape index (κ3) is 5.09. The van der Waals surface area contributed by atoms with Crippen molar-refractivity contribution >= 4 is 24.2 Å². The molecule has 2 aromatic carbocycles. The van der Waals surface area contributed by atoms with Crippen LogP contribution >= 0.6 is 0 Å². The maximum absolute atomic E-state index is 11.2. The molecule has 0 aliphatic rings.